The molecule has 1 aliphatic rings. The van der Waals surface area contributed by atoms with Crippen LogP contribution in [0, 0.1) is 6.92 Å². The van der Waals surface area contributed by atoms with Crippen molar-refractivity contribution in [2.45, 2.75) is 51.2 Å². The second-order valence-electron chi connectivity index (χ2n) is 6.33. The van der Waals surface area contributed by atoms with E-state index in [-0.39, 0.29) is 24.6 Å². The molecule has 2 aromatic rings. The number of rotatable bonds is 5. The molecule has 3 rings (SSSR count). The third-order valence-electron chi connectivity index (χ3n) is 4.35. The van der Waals surface area contributed by atoms with E-state index in [1.165, 1.54) is 5.56 Å². The van der Waals surface area contributed by atoms with Gasteiger partial charge in [0.2, 0.25) is 0 Å². The van der Waals surface area contributed by atoms with Crippen molar-refractivity contribution in [3.8, 4) is 10.6 Å². The molecule has 0 bridgehead atoms. The van der Waals surface area contributed by atoms with Crippen LogP contribution in [-0.2, 0) is 20.7 Å². The normalized spacial score (nSPS) is 20.8. The van der Waals surface area contributed by atoms with Crippen LogP contribution >= 0.6 is 11.3 Å². The molecule has 1 saturated carbocycles. The first-order valence-electron chi connectivity index (χ1n) is 8.38. The van der Waals surface area contributed by atoms with E-state index >= 15 is 0 Å². The second-order valence-corrected chi connectivity index (χ2v) is 7.18. The van der Waals surface area contributed by atoms with Crippen molar-refractivity contribution >= 4 is 17.3 Å². The van der Waals surface area contributed by atoms with Crippen LogP contribution in [0.5, 0.6) is 0 Å². The molecule has 2 unspecified atom stereocenters. The molecule has 2 atom stereocenters. The lowest BCUT2D eigenvalue weighted by Gasteiger charge is -2.27. The molecule has 128 valence electrons. The van der Waals surface area contributed by atoms with Gasteiger partial charge in [-0.25, -0.2) is 4.98 Å². The molecular weight excluding hydrogens is 322 g/mol. The van der Waals surface area contributed by atoms with Crippen molar-refractivity contribution in [1.29, 1.82) is 0 Å². The van der Waals surface area contributed by atoms with Crippen LogP contribution < -0.4 is 0 Å². The number of nitrogens with zero attached hydrogens (tertiary/aromatic N) is 1. The minimum absolute atomic E-state index is 0.0221. The molecule has 1 aliphatic carbocycles. The van der Waals surface area contributed by atoms with E-state index in [0.717, 1.165) is 41.9 Å². The van der Waals surface area contributed by atoms with Gasteiger partial charge in [-0.2, -0.15) is 0 Å². The topological polar surface area (TPSA) is 48.4 Å². The van der Waals surface area contributed by atoms with Crippen LogP contribution in [0.4, 0.5) is 0 Å². The maximum atomic E-state index is 12.2. The fourth-order valence-electron chi connectivity index (χ4n) is 3.10. The summed E-state index contributed by atoms with van der Waals surface area (Å²) in [6, 6.07) is 8.23. The van der Waals surface area contributed by atoms with Crippen LogP contribution in [0.1, 0.15) is 36.9 Å². The Kier molecular flexibility index (Phi) is 5.63. The first kappa shape index (κ1) is 17.1. The number of ether oxygens (including phenoxy) is 2. The third kappa shape index (κ3) is 4.42. The number of carbonyl (C=O) groups excluding carboxylic acids is 1. The van der Waals surface area contributed by atoms with E-state index in [4.69, 9.17) is 9.47 Å². The Hall–Kier alpha value is -1.72. The van der Waals surface area contributed by atoms with E-state index in [1.54, 1.807) is 18.4 Å². The Morgan fingerprint density at radius 1 is 1.33 bits per heavy atom. The Labute approximate surface area is 146 Å². The Morgan fingerprint density at radius 3 is 2.96 bits per heavy atom. The van der Waals surface area contributed by atoms with E-state index in [9.17, 15) is 4.79 Å². The molecule has 0 aliphatic heterocycles. The van der Waals surface area contributed by atoms with E-state index in [0.29, 0.717) is 0 Å². The van der Waals surface area contributed by atoms with Gasteiger partial charge in [-0.1, -0.05) is 23.8 Å². The number of thiazole rings is 1. The van der Waals surface area contributed by atoms with E-state index < -0.39 is 0 Å². The zero-order chi connectivity index (χ0) is 16.9. The van der Waals surface area contributed by atoms with Crippen molar-refractivity contribution in [1.82, 2.24) is 4.98 Å². The Balaban J connectivity index is 1.57. The van der Waals surface area contributed by atoms with E-state index in [2.05, 4.69) is 24.0 Å². The molecular formula is C19H23NO3S. The molecule has 5 heteroatoms. The van der Waals surface area contributed by atoms with Crippen molar-refractivity contribution in [3.63, 3.8) is 0 Å². The van der Waals surface area contributed by atoms with Gasteiger partial charge in [0, 0.05) is 24.5 Å². The second kappa shape index (κ2) is 7.90. The summed E-state index contributed by atoms with van der Waals surface area (Å²) in [6.45, 7) is 2.06. The maximum absolute atomic E-state index is 12.2. The monoisotopic (exact) mass is 345 g/mol. The smallest absolute Gasteiger partial charge is 0.312 e. The Bertz CT molecular complexity index is 697. The van der Waals surface area contributed by atoms with Crippen molar-refractivity contribution in [2.24, 2.45) is 0 Å². The molecule has 0 radical (unpaired) electrons. The third-order valence-corrected chi connectivity index (χ3v) is 5.29. The summed E-state index contributed by atoms with van der Waals surface area (Å²) in [5.41, 5.74) is 3.07. The van der Waals surface area contributed by atoms with Crippen LogP contribution in [-0.4, -0.2) is 30.3 Å². The predicted octanol–water partition coefficient (Wildman–Crippen LogP) is 4.16. The van der Waals surface area contributed by atoms with Crippen molar-refractivity contribution in [3.05, 3.63) is 40.9 Å². The number of hydrogen-bond acceptors (Lipinski definition) is 5. The molecule has 0 saturated heterocycles. The predicted molar refractivity (Wildman–Crippen MR) is 95.1 cm³/mol. The summed E-state index contributed by atoms with van der Waals surface area (Å²) in [4.78, 5) is 16.8. The van der Waals surface area contributed by atoms with Gasteiger partial charge in [-0.15, -0.1) is 11.3 Å². The molecule has 1 aromatic carbocycles. The first-order valence-corrected chi connectivity index (χ1v) is 9.25. The van der Waals surface area contributed by atoms with Gasteiger partial charge in [0.15, 0.2) is 0 Å². The maximum Gasteiger partial charge on any atom is 0.312 e. The van der Waals surface area contributed by atoms with Crippen molar-refractivity contribution in [2.75, 3.05) is 7.11 Å². The summed E-state index contributed by atoms with van der Waals surface area (Å²) in [6.07, 6.45) is 4.25. The van der Waals surface area contributed by atoms with E-state index in [1.807, 2.05) is 17.5 Å². The number of benzene rings is 1. The lowest BCUT2D eigenvalue weighted by Crippen LogP contribution is -2.29. The number of carbonyl (C=O) groups is 1. The van der Waals surface area contributed by atoms with Crippen LogP contribution in [0.15, 0.2) is 29.6 Å². The van der Waals surface area contributed by atoms with Gasteiger partial charge in [0.05, 0.1) is 18.2 Å². The van der Waals surface area contributed by atoms with Crippen LogP contribution in [0.3, 0.4) is 0 Å². The largest absolute Gasteiger partial charge is 0.462 e. The van der Waals surface area contributed by atoms with Crippen LogP contribution in [0.2, 0.25) is 0 Å². The standard InChI is InChI=1S/C19H23NO3S/c1-13-5-3-6-14(9-13)19-20-15(12-24-19)10-18(21)23-17-8-4-7-16(11-17)22-2/h3,5-6,9,12,16-17H,4,7-8,10-11H2,1-2H3. The summed E-state index contributed by atoms with van der Waals surface area (Å²) >= 11 is 1.56. The molecule has 1 heterocycles. The van der Waals surface area contributed by atoms with Gasteiger partial charge < -0.3 is 9.47 Å². The summed E-state index contributed by atoms with van der Waals surface area (Å²) in [7, 11) is 1.72. The lowest BCUT2D eigenvalue weighted by molar-refractivity contribution is -0.151. The molecule has 0 amide bonds. The molecule has 1 fully saturated rings. The average Bonchev–Trinajstić information content (AvgIpc) is 3.03. The van der Waals surface area contributed by atoms with Gasteiger partial charge in [0.1, 0.15) is 11.1 Å². The average molecular weight is 345 g/mol. The lowest BCUT2D eigenvalue weighted by atomic mass is 9.95. The number of aromatic nitrogens is 1. The highest BCUT2D eigenvalue weighted by Crippen LogP contribution is 2.26. The summed E-state index contributed by atoms with van der Waals surface area (Å²) < 4.78 is 11.0. The quantitative estimate of drug-likeness (QED) is 0.764. The number of methoxy groups -OCH3 is 1. The zero-order valence-corrected chi connectivity index (χ0v) is 15.0. The van der Waals surface area contributed by atoms with Gasteiger partial charge in [-0.05, 0) is 32.3 Å². The number of esters is 1. The number of hydrogen-bond donors (Lipinski definition) is 0. The first-order chi connectivity index (χ1) is 11.6. The van der Waals surface area contributed by atoms with Gasteiger partial charge in [-0.3, -0.25) is 4.79 Å². The fraction of sp³-hybridized carbons (Fsp3) is 0.474. The molecule has 24 heavy (non-hydrogen) atoms. The van der Waals surface area contributed by atoms with Crippen molar-refractivity contribution < 1.29 is 14.3 Å². The molecule has 0 N–H and O–H groups in total. The summed E-state index contributed by atoms with van der Waals surface area (Å²) in [5.74, 6) is -0.196. The minimum Gasteiger partial charge on any atom is -0.462 e. The highest BCUT2D eigenvalue weighted by molar-refractivity contribution is 7.13. The van der Waals surface area contributed by atoms with Gasteiger partial charge >= 0.3 is 5.97 Å². The fourth-order valence-corrected chi connectivity index (χ4v) is 3.91. The highest BCUT2D eigenvalue weighted by Gasteiger charge is 2.25. The molecule has 4 nitrogen and oxygen atoms in total. The number of aryl methyl sites for hydroxylation is 1. The highest BCUT2D eigenvalue weighted by atomic mass is 32.1. The Morgan fingerprint density at radius 2 is 2.17 bits per heavy atom. The molecule has 1 aromatic heterocycles. The zero-order valence-electron chi connectivity index (χ0n) is 14.2. The summed E-state index contributed by atoms with van der Waals surface area (Å²) in [5, 5.41) is 2.89. The van der Waals surface area contributed by atoms with Gasteiger partial charge in [0.25, 0.3) is 0 Å². The SMILES string of the molecule is COC1CCCC(OC(=O)Cc2csc(-c3cccc(C)c3)n2)C1. The van der Waals surface area contributed by atoms with Crippen LogP contribution in [0.25, 0.3) is 10.6 Å². The minimum atomic E-state index is -0.196. The molecule has 0 spiro atoms.